The number of hydrogen-bond donors (Lipinski definition) is 2. The molecule has 0 spiro atoms. The topological polar surface area (TPSA) is 129 Å². The highest BCUT2D eigenvalue weighted by molar-refractivity contribution is 6.32. The maximum Gasteiger partial charge on any atom is 0.408 e. The number of pyridine rings is 1. The summed E-state index contributed by atoms with van der Waals surface area (Å²) in [7, 11) is 0. The molecule has 0 aliphatic heterocycles. The highest BCUT2D eigenvalue weighted by Crippen LogP contribution is 2.21. The van der Waals surface area contributed by atoms with E-state index in [1.165, 1.54) is 16.9 Å². The summed E-state index contributed by atoms with van der Waals surface area (Å²) in [5, 5.41) is 14.3. The lowest BCUT2D eigenvalue weighted by molar-refractivity contribution is -0.389. The number of aromatic nitrogens is 3. The van der Waals surface area contributed by atoms with E-state index < -0.39 is 16.6 Å². The minimum atomic E-state index is -0.676. The molecule has 2 heterocycles. The van der Waals surface area contributed by atoms with Gasteiger partial charge in [0.25, 0.3) is 5.91 Å². The predicted molar refractivity (Wildman–Crippen MR) is 68.9 cm³/mol. The lowest BCUT2D eigenvalue weighted by Gasteiger charge is -2.01. The van der Waals surface area contributed by atoms with Gasteiger partial charge in [-0.2, -0.15) is 4.68 Å². The van der Waals surface area contributed by atoms with E-state index >= 15 is 0 Å². The number of carbonyl (C=O) groups excluding carboxylic acids is 1. The summed E-state index contributed by atoms with van der Waals surface area (Å²) in [6, 6.07) is 4.76. The first-order valence-electron chi connectivity index (χ1n) is 5.35. The lowest BCUT2D eigenvalue weighted by Crippen LogP contribution is -2.30. The molecule has 3 N–H and O–H groups in total. The zero-order chi connectivity index (χ0) is 14.7. The molecule has 2 rings (SSSR count). The first-order chi connectivity index (χ1) is 9.51. The lowest BCUT2D eigenvalue weighted by atomic mass is 10.3. The highest BCUT2D eigenvalue weighted by Gasteiger charge is 2.19. The number of hydrazine groups is 1. The van der Waals surface area contributed by atoms with E-state index in [9.17, 15) is 14.9 Å². The average molecular weight is 297 g/mol. The van der Waals surface area contributed by atoms with Crippen LogP contribution in [0.4, 0.5) is 5.82 Å². The van der Waals surface area contributed by atoms with Crippen LogP contribution in [0, 0.1) is 10.1 Å². The number of rotatable bonds is 4. The fourth-order valence-electron chi connectivity index (χ4n) is 1.53. The van der Waals surface area contributed by atoms with Crippen LogP contribution in [0.5, 0.6) is 0 Å². The minimum absolute atomic E-state index is 0.0640. The SMILES string of the molecule is NNC(=O)c1cccc(Cn2cc(Cl)c([N+](=O)[O-])n2)n1. The molecule has 0 saturated carbocycles. The van der Waals surface area contributed by atoms with Gasteiger partial charge in [0.2, 0.25) is 0 Å². The van der Waals surface area contributed by atoms with Crippen LogP contribution in [0.1, 0.15) is 16.2 Å². The molecule has 0 aliphatic carbocycles. The second kappa shape index (κ2) is 5.63. The number of hydrogen-bond acceptors (Lipinski definition) is 6. The molecule has 0 atom stereocenters. The van der Waals surface area contributed by atoms with E-state index in [1.807, 2.05) is 5.43 Å². The van der Waals surface area contributed by atoms with Crippen LogP contribution in [0.15, 0.2) is 24.4 Å². The Kier molecular flexibility index (Phi) is 3.91. The third-order valence-electron chi connectivity index (χ3n) is 2.37. The molecule has 0 unspecified atom stereocenters. The quantitative estimate of drug-likeness (QED) is 0.365. The average Bonchev–Trinajstić information content (AvgIpc) is 2.79. The van der Waals surface area contributed by atoms with Gasteiger partial charge in [0.15, 0.2) is 5.02 Å². The molecular formula is C10H9ClN6O3. The standard InChI is InChI=1S/C10H9ClN6O3/c11-7-5-16(15-9(7)17(19)20)4-6-2-1-3-8(13-6)10(18)14-12/h1-3,5H,4,12H2,(H,14,18). The largest absolute Gasteiger partial charge is 0.408 e. The third kappa shape index (κ3) is 2.90. The van der Waals surface area contributed by atoms with Crippen molar-refractivity contribution in [3.63, 3.8) is 0 Å². The summed E-state index contributed by atoms with van der Waals surface area (Å²) in [6.45, 7) is 0.138. The van der Waals surface area contributed by atoms with Crippen molar-refractivity contribution in [3.8, 4) is 0 Å². The molecular weight excluding hydrogens is 288 g/mol. The van der Waals surface area contributed by atoms with Crippen LogP contribution >= 0.6 is 11.6 Å². The van der Waals surface area contributed by atoms with Crippen molar-refractivity contribution in [3.05, 3.63) is 50.9 Å². The fourth-order valence-corrected chi connectivity index (χ4v) is 1.75. The summed E-state index contributed by atoms with van der Waals surface area (Å²) in [6.07, 6.45) is 1.32. The second-order valence-electron chi connectivity index (χ2n) is 3.74. The van der Waals surface area contributed by atoms with Crippen LogP contribution in [-0.4, -0.2) is 25.6 Å². The van der Waals surface area contributed by atoms with Crippen molar-refractivity contribution in [2.45, 2.75) is 6.54 Å². The molecule has 0 saturated heterocycles. The third-order valence-corrected chi connectivity index (χ3v) is 2.63. The van der Waals surface area contributed by atoms with Crippen LogP contribution in [0.2, 0.25) is 5.02 Å². The van der Waals surface area contributed by atoms with E-state index in [0.717, 1.165) is 0 Å². The number of nitrogen functional groups attached to an aromatic ring is 1. The summed E-state index contributed by atoms with van der Waals surface area (Å²) in [5.74, 6) is 4.05. The monoisotopic (exact) mass is 296 g/mol. The van der Waals surface area contributed by atoms with Crippen LogP contribution in [-0.2, 0) is 6.54 Å². The normalized spacial score (nSPS) is 10.3. The Balaban J connectivity index is 2.24. The van der Waals surface area contributed by atoms with Gasteiger partial charge in [0.05, 0.1) is 17.0 Å². The molecule has 0 bridgehead atoms. The molecule has 0 fully saturated rings. The van der Waals surface area contributed by atoms with Gasteiger partial charge in [-0.15, -0.1) is 0 Å². The molecule has 2 aromatic rings. The van der Waals surface area contributed by atoms with Crippen molar-refractivity contribution >= 4 is 23.3 Å². The minimum Gasteiger partial charge on any atom is -0.358 e. The molecule has 20 heavy (non-hydrogen) atoms. The molecule has 104 valence electrons. The van der Waals surface area contributed by atoms with Crippen molar-refractivity contribution < 1.29 is 9.72 Å². The Hall–Kier alpha value is -2.52. The number of nitrogens with two attached hydrogens (primary N) is 1. The Morgan fingerprint density at radius 3 is 2.90 bits per heavy atom. The molecule has 2 aromatic heterocycles. The summed E-state index contributed by atoms with van der Waals surface area (Å²) in [4.78, 5) is 25.3. The number of nitrogens with one attached hydrogen (secondary N) is 1. The Morgan fingerprint density at radius 1 is 1.55 bits per heavy atom. The van der Waals surface area contributed by atoms with Crippen molar-refractivity contribution in [1.82, 2.24) is 20.2 Å². The number of nitro groups is 1. The van der Waals surface area contributed by atoms with Crippen molar-refractivity contribution in [2.24, 2.45) is 5.84 Å². The first kappa shape index (κ1) is 13.9. The summed E-state index contributed by atoms with van der Waals surface area (Å²) < 4.78 is 1.27. The van der Waals surface area contributed by atoms with E-state index in [0.29, 0.717) is 5.69 Å². The van der Waals surface area contributed by atoms with Gasteiger partial charge < -0.3 is 10.1 Å². The first-order valence-corrected chi connectivity index (χ1v) is 5.73. The number of halogens is 1. The van der Waals surface area contributed by atoms with Gasteiger partial charge in [0, 0.05) is 0 Å². The van der Waals surface area contributed by atoms with Gasteiger partial charge in [-0.3, -0.25) is 10.2 Å². The maximum absolute atomic E-state index is 11.3. The van der Waals surface area contributed by atoms with Crippen LogP contribution in [0.25, 0.3) is 0 Å². The van der Waals surface area contributed by atoms with Gasteiger partial charge in [-0.25, -0.2) is 10.8 Å². The molecule has 10 heteroatoms. The van der Waals surface area contributed by atoms with Gasteiger partial charge in [0.1, 0.15) is 12.2 Å². The molecule has 1 amide bonds. The predicted octanol–water partition coefficient (Wildman–Crippen LogP) is 0.491. The van der Waals surface area contributed by atoms with E-state index in [-0.39, 0.29) is 17.3 Å². The zero-order valence-corrected chi connectivity index (χ0v) is 10.7. The number of carbonyl (C=O) groups is 1. The smallest absolute Gasteiger partial charge is 0.358 e. The van der Waals surface area contributed by atoms with Gasteiger partial charge in [-0.1, -0.05) is 17.7 Å². The fraction of sp³-hybridized carbons (Fsp3) is 0.100. The van der Waals surface area contributed by atoms with E-state index in [2.05, 4.69) is 10.1 Å². The Bertz CT molecular complexity index is 671. The van der Waals surface area contributed by atoms with Gasteiger partial charge in [-0.05, 0) is 17.1 Å². The highest BCUT2D eigenvalue weighted by atomic mass is 35.5. The van der Waals surface area contributed by atoms with Crippen molar-refractivity contribution in [2.75, 3.05) is 0 Å². The van der Waals surface area contributed by atoms with Crippen LogP contribution in [0.3, 0.4) is 0 Å². The molecule has 0 aliphatic rings. The van der Waals surface area contributed by atoms with E-state index in [4.69, 9.17) is 17.4 Å². The van der Waals surface area contributed by atoms with E-state index in [1.54, 1.807) is 12.1 Å². The molecule has 0 radical (unpaired) electrons. The molecule has 9 nitrogen and oxygen atoms in total. The zero-order valence-electron chi connectivity index (χ0n) is 9.99. The Morgan fingerprint density at radius 2 is 2.30 bits per heavy atom. The Labute approximate surface area is 117 Å². The second-order valence-corrected chi connectivity index (χ2v) is 4.15. The summed E-state index contributed by atoms with van der Waals surface area (Å²) in [5.41, 5.74) is 2.59. The summed E-state index contributed by atoms with van der Waals surface area (Å²) >= 11 is 5.68. The van der Waals surface area contributed by atoms with Crippen molar-refractivity contribution in [1.29, 1.82) is 0 Å². The number of amides is 1. The van der Waals surface area contributed by atoms with Crippen LogP contribution < -0.4 is 11.3 Å². The van der Waals surface area contributed by atoms with Gasteiger partial charge >= 0.3 is 5.82 Å². The molecule has 0 aromatic carbocycles. The maximum atomic E-state index is 11.3. The number of nitrogens with zero attached hydrogens (tertiary/aromatic N) is 4.